The molecule has 112 valence electrons. The number of rotatable bonds is 3. The monoisotopic (exact) mass is 311 g/mol. The number of aromatic nitrogens is 2. The summed E-state index contributed by atoms with van der Waals surface area (Å²) < 4.78 is 45.9. The Morgan fingerprint density at radius 2 is 2.25 bits per heavy atom. The van der Waals surface area contributed by atoms with Crippen molar-refractivity contribution in [1.29, 1.82) is 0 Å². The van der Waals surface area contributed by atoms with E-state index in [1.807, 2.05) is 0 Å². The number of alkyl halides is 2. The second-order valence-corrected chi connectivity index (χ2v) is 4.78. The summed E-state index contributed by atoms with van der Waals surface area (Å²) in [4.78, 5) is 3.47. The van der Waals surface area contributed by atoms with Crippen LogP contribution in [0, 0.1) is 10.6 Å². The van der Waals surface area contributed by atoms with E-state index in [1.54, 1.807) is 0 Å². The van der Waals surface area contributed by atoms with Gasteiger partial charge in [-0.25, -0.2) is 13.2 Å². The average molecular weight is 311 g/mol. The molecule has 20 heavy (non-hydrogen) atoms. The highest BCUT2D eigenvalue weighted by atomic mass is 32.1. The van der Waals surface area contributed by atoms with Gasteiger partial charge in [-0.2, -0.15) is 4.98 Å². The van der Waals surface area contributed by atoms with Crippen LogP contribution >= 0.6 is 12.2 Å². The van der Waals surface area contributed by atoms with Crippen LogP contribution in [0.4, 0.5) is 19.0 Å². The number of nitrogen functional groups attached to an aromatic ring is 1. The lowest BCUT2D eigenvalue weighted by atomic mass is 9.98. The molecule has 0 aromatic carbocycles. The first kappa shape index (κ1) is 15.2. The molecule has 1 aromatic heterocycles. The third-order valence-electron chi connectivity index (χ3n) is 3.17. The largest absolute Gasteiger partial charge is 0.393 e. The third-order valence-corrected chi connectivity index (χ3v) is 3.47. The lowest BCUT2D eigenvalue weighted by Crippen LogP contribution is -2.47. The predicted molar refractivity (Wildman–Crippen MR) is 64.2 cm³/mol. The van der Waals surface area contributed by atoms with E-state index in [-0.39, 0.29) is 4.77 Å². The molecule has 0 saturated carbocycles. The summed E-state index contributed by atoms with van der Waals surface area (Å²) >= 11 is 4.80. The van der Waals surface area contributed by atoms with Gasteiger partial charge >= 0.3 is 0 Å². The highest BCUT2D eigenvalue weighted by molar-refractivity contribution is 7.71. The van der Waals surface area contributed by atoms with Gasteiger partial charge in [-0.1, -0.05) is 0 Å². The summed E-state index contributed by atoms with van der Waals surface area (Å²) in [7, 11) is 0. The summed E-state index contributed by atoms with van der Waals surface area (Å²) in [6, 6.07) is 0. The van der Waals surface area contributed by atoms with Gasteiger partial charge in [0, 0.05) is 6.20 Å². The minimum atomic E-state index is -2.12. The number of aliphatic hydroxyl groups is 2. The van der Waals surface area contributed by atoms with Crippen molar-refractivity contribution >= 4 is 18.0 Å². The number of hydrogen-bond acceptors (Lipinski definition) is 6. The first-order valence-corrected chi connectivity index (χ1v) is 5.98. The lowest BCUT2D eigenvalue weighted by molar-refractivity contribution is -0.137. The Morgan fingerprint density at radius 1 is 1.60 bits per heavy atom. The van der Waals surface area contributed by atoms with Gasteiger partial charge in [0.1, 0.15) is 12.8 Å². The van der Waals surface area contributed by atoms with Crippen LogP contribution in [0.2, 0.25) is 0 Å². The number of aliphatic hydroxyl groups excluding tert-OH is 2. The molecule has 0 amide bonds. The van der Waals surface area contributed by atoms with E-state index >= 15 is 0 Å². The van der Waals surface area contributed by atoms with Gasteiger partial charge in [0.25, 0.3) is 0 Å². The molecule has 4 atom stereocenters. The number of hydrogen-bond donors (Lipinski definition) is 3. The van der Waals surface area contributed by atoms with Crippen molar-refractivity contribution in [2.75, 3.05) is 19.0 Å². The van der Waals surface area contributed by atoms with Crippen LogP contribution < -0.4 is 5.73 Å². The molecule has 1 fully saturated rings. The maximum absolute atomic E-state index is 14.0. The van der Waals surface area contributed by atoms with Crippen molar-refractivity contribution in [3.05, 3.63) is 16.8 Å². The van der Waals surface area contributed by atoms with E-state index in [9.17, 15) is 18.3 Å². The highest BCUT2D eigenvalue weighted by Crippen LogP contribution is 2.39. The molecular formula is C10H12F3N3O3S. The second-order valence-electron chi connectivity index (χ2n) is 4.42. The minimum Gasteiger partial charge on any atom is -0.393 e. The maximum atomic E-state index is 14.0. The van der Waals surface area contributed by atoms with Crippen LogP contribution in [0.25, 0.3) is 0 Å². The molecule has 0 aliphatic carbocycles. The molecule has 1 aliphatic rings. The molecule has 10 heteroatoms. The van der Waals surface area contributed by atoms with Gasteiger partial charge in [-0.15, -0.1) is 0 Å². The molecule has 0 spiro atoms. The summed E-state index contributed by atoms with van der Waals surface area (Å²) in [5.41, 5.74) is 3.09. The van der Waals surface area contributed by atoms with Crippen molar-refractivity contribution in [3.8, 4) is 0 Å². The normalized spacial score (nSPS) is 33.5. The fourth-order valence-corrected chi connectivity index (χ4v) is 2.21. The Morgan fingerprint density at radius 3 is 2.75 bits per heavy atom. The summed E-state index contributed by atoms with van der Waals surface area (Å²) in [5.74, 6) is -1.44. The first-order valence-electron chi connectivity index (χ1n) is 5.57. The average Bonchev–Trinajstić information content (AvgIpc) is 2.68. The molecule has 2 heterocycles. The van der Waals surface area contributed by atoms with Crippen LogP contribution in [0.3, 0.4) is 0 Å². The van der Waals surface area contributed by atoms with Crippen LogP contribution in [0.5, 0.6) is 0 Å². The van der Waals surface area contributed by atoms with Gasteiger partial charge in [0.05, 0.1) is 6.61 Å². The SMILES string of the molecule is Nc1nc(=S)n([C@@H]2O[C@@](CO)(CF)C(O)[C@@H]2F)cc1F. The van der Waals surface area contributed by atoms with Gasteiger partial charge in [-0.3, -0.25) is 4.57 Å². The smallest absolute Gasteiger partial charge is 0.203 e. The Balaban J connectivity index is 2.45. The molecular weight excluding hydrogens is 299 g/mol. The number of halogens is 3. The molecule has 2 rings (SSSR count). The zero-order chi connectivity index (χ0) is 15.1. The topological polar surface area (TPSA) is 93.5 Å². The van der Waals surface area contributed by atoms with Crippen molar-refractivity contribution in [1.82, 2.24) is 9.55 Å². The molecule has 6 nitrogen and oxygen atoms in total. The van der Waals surface area contributed by atoms with Crippen molar-refractivity contribution < 1.29 is 28.1 Å². The minimum absolute atomic E-state index is 0.295. The highest BCUT2D eigenvalue weighted by Gasteiger charge is 2.56. The van der Waals surface area contributed by atoms with Crippen molar-refractivity contribution in [2.45, 2.75) is 24.1 Å². The Labute approximate surface area is 116 Å². The van der Waals surface area contributed by atoms with Gasteiger partial charge < -0.3 is 20.7 Å². The van der Waals surface area contributed by atoms with E-state index in [0.717, 1.165) is 10.8 Å². The third kappa shape index (κ3) is 2.18. The van der Waals surface area contributed by atoms with E-state index in [2.05, 4.69) is 4.98 Å². The van der Waals surface area contributed by atoms with Crippen molar-refractivity contribution in [3.63, 3.8) is 0 Å². The zero-order valence-corrected chi connectivity index (χ0v) is 10.9. The van der Waals surface area contributed by atoms with Gasteiger partial charge in [0.15, 0.2) is 29.6 Å². The molecule has 4 N–H and O–H groups in total. The molecule has 1 aromatic rings. The zero-order valence-electron chi connectivity index (χ0n) is 10.0. The summed E-state index contributed by atoms with van der Waals surface area (Å²) in [5, 5.41) is 18.8. The van der Waals surface area contributed by atoms with Crippen molar-refractivity contribution in [2.24, 2.45) is 0 Å². The first-order chi connectivity index (χ1) is 9.36. The molecule has 1 aliphatic heterocycles. The molecule has 0 radical (unpaired) electrons. The molecule has 1 saturated heterocycles. The van der Waals surface area contributed by atoms with Gasteiger partial charge in [-0.05, 0) is 12.2 Å². The number of ether oxygens (including phenoxy) is 1. The van der Waals surface area contributed by atoms with E-state index in [0.29, 0.717) is 0 Å². The fraction of sp³-hybridized carbons (Fsp3) is 0.600. The Hall–Kier alpha value is -1.23. The van der Waals surface area contributed by atoms with E-state index < -0.39 is 49.0 Å². The lowest BCUT2D eigenvalue weighted by Gasteiger charge is -2.26. The van der Waals surface area contributed by atoms with E-state index in [4.69, 9.17) is 27.8 Å². The Kier molecular flexibility index (Phi) is 4.00. The standard InChI is InChI=1S/C10H12F3N3O3S/c11-2-10(3-17)6(18)5(13)8(19-10)16-1-4(12)7(14)15-9(16)20/h1,5-6,8,17-18H,2-3H2,(H2,14,15,20)/t5-,6?,8+,10+/m0/s1. The summed E-state index contributed by atoms with van der Waals surface area (Å²) in [6.07, 6.45) is -4.90. The van der Waals surface area contributed by atoms with Gasteiger partial charge in [0.2, 0.25) is 4.77 Å². The predicted octanol–water partition coefficient (Wildman–Crippen LogP) is 0.262. The van der Waals surface area contributed by atoms with Crippen LogP contribution in [0.15, 0.2) is 6.20 Å². The fourth-order valence-electron chi connectivity index (χ4n) is 1.96. The maximum Gasteiger partial charge on any atom is 0.203 e. The van der Waals surface area contributed by atoms with Crippen LogP contribution in [0.1, 0.15) is 6.23 Å². The van der Waals surface area contributed by atoms with E-state index in [1.165, 1.54) is 0 Å². The number of nitrogens with zero attached hydrogens (tertiary/aromatic N) is 2. The number of anilines is 1. The van der Waals surface area contributed by atoms with Crippen LogP contribution in [-0.4, -0.2) is 50.9 Å². The quantitative estimate of drug-likeness (QED) is 0.694. The molecule has 1 unspecified atom stereocenters. The van der Waals surface area contributed by atoms with Crippen LogP contribution in [-0.2, 0) is 4.74 Å². The Bertz CT molecular complexity index is 566. The second kappa shape index (κ2) is 5.28. The molecule has 0 bridgehead atoms. The number of nitrogens with two attached hydrogens (primary N) is 1. The summed E-state index contributed by atoms with van der Waals surface area (Å²) in [6.45, 7) is -2.26.